The third-order valence-electron chi connectivity index (χ3n) is 4.59. The maximum absolute atomic E-state index is 6.64. The van der Waals surface area contributed by atoms with Crippen LogP contribution in [0.25, 0.3) is 21.5 Å². The van der Waals surface area contributed by atoms with Crippen molar-refractivity contribution >= 4 is 39.4 Å². The van der Waals surface area contributed by atoms with Gasteiger partial charge < -0.3 is 0 Å². The third kappa shape index (κ3) is 2.68. The predicted octanol–water partition coefficient (Wildman–Crippen LogP) is 5.47. The molecule has 116 valence electrons. The maximum Gasteiger partial charge on any atom is 0.0563 e. The van der Waals surface area contributed by atoms with Crippen LogP contribution >= 0.6 is 11.6 Å². The number of hydrogen-bond donors (Lipinski definition) is 0. The Bertz CT molecular complexity index is 822. The average Bonchev–Trinajstić information content (AvgIpc) is 2.63. The van der Waals surface area contributed by atoms with Crippen molar-refractivity contribution in [1.29, 1.82) is 0 Å². The van der Waals surface area contributed by atoms with E-state index in [9.17, 15) is 0 Å². The fraction of sp³-hybridized carbons (Fsp3) is 0.250. The van der Waals surface area contributed by atoms with Gasteiger partial charge in [-0.2, -0.15) is 5.10 Å². The second-order valence-electron chi connectivity index (χ2n) is 6.08. The Hall–Kier alpha value is -2.06. The van der Waals surface area contributed by atoms with Crippen molar-refractivity contribution in [2.45, 2.75) is 19.3 Å². The summed E-state index contributed by atoms with van der Waals surface area (Å²) < 4.78 is 0. The van der Waals surface area contributed by atoms with E-state index in [1.807, 2.05) is 18.3 Å². The van der Waals surface area contributed by atoms with Crippen LogP contribution in [0.4, 0.5) is 0 Å². The number of hydrazone groups is 1. The molecule has 1 aliphatic heterocycles. The summed E-state index contributed by atoms with van der Waals surface area (Å²) in [6, 6.07) is 16.6. The van der Waals surface area contributed by atoms with Crippen molar-refractivity contribution in [3.8, 4) is 0 Å². The third-order valence-corrected chi connectivity index (χ3v) is 5.00. The lowest BCUT2D eigenvalue weighted by Gasteiger charge is -2.23. The van der Waals surface area contributed by atoms with Crippen LogP contribution in [0.15, 0.2) is 53.6 Å². The van der Waals surface area contributed by atoms with Crippen molar-refractivity contribution in [2.24, 2.45) is 5.10 Å². The lowest BCUT2D eigenvalue weighted by molar-refractivity contribution is 0.240. The summed E-state index contributed by atoms with van der Waals surface area (Å²) in [4.78, 5) is 0. The lowest BCUT2D eigenvalue weighted by Crippen LogP contribution is -2.24. The van der Waals surface area contributed by atoms with Crippen molar-refractivity contribution in [3.05, 3.63) is 59.1 Å². The van der Waals surface area contributed by atoms with E-state index >= 15 is 0 Å². The van der Waals surface area contributed by atoms with E-state index in [0.29, 0.717) is 0 Å². The van der Waals surface area contributed by atoms with Gasteiger partial charge in [0.2, 0.25) is 0 Å². The zero-order valence-corrected chi connectivity index (χ0v) is 13.8. The highest BCUT2D eigenvalue weighted by molar-refractivity contribution is 6.42. The van der Waals surface area contributed by atoms with Gasteiger partial charge in [0.15, 0.2) is 0 Å². The van der Waals surface area contributed by atoms with Crippen LogP contribution in [0.5, 0.6) is 0 Å². The van der Waals surface area contributed by atoms with E-state index in [4.69, 9.17) is 16.7 Å². The monoisotopic (exact) mass is 322 g/mol. The highest BCUT2D eigenvalue weighted by Crippen LogP contribution is 2.35. The predicted molar refractivity (Wildman–Crippen MR) is 99.5 cm³/mol. The summed E-state index contributed by atoms with van der Waals surface area (Å²) in [5.74, 6) is 0. The Morgan fingerprint density at radius 2 is 1.30 bits per heavy atom. The van der Waals surface area contributed by atoms with E-state index < -0.39 is 0 Å². The van der Waals surface area contributed by atoms with Crippen LogP contribution in [-0.4, -0.2) is 24.3 Å². The number of benzene rings is 3. The number of nitrogens with zero attached hydrogens (tertiary/aromatic N) is 2. The molecule has 0 atom stereocenters. The molecule has 0 radical (unpaired) electrons. The first-order chi connectivity index (χ1) is 11.3. The first kappa shape index (κ1) is 14.5. The molecule has 1 fully saturated rings. The van der Waals surface area contributed by atoms with Gasteiger partial charge in [-0.05, 0) is 30.0 Å². The largest absolute Gasteiger partial charge is 0.297 e. The molecular formula is C20H19ClN2. The molecule has 3 heteroatoms. The number of halogens is 1. The maximum atomic E-state index is 6.64. The highest BCUT2D eigenvalue weighted by atomic mass is 35.5. The van der Waals surface area contributed by atoms with Gasteiger partial charge in [-0.25, -0.2) is 0 Å². The molecule has 0 amide bonds. The summed E-state index contributed by atoms with van der Waals surface area (Å²) in [6.45, 7) is 2.11. The van der Waals surface area contributed by atoms with Crippen LogP contribution < -0.4 is 0 Å². The van der Waals surface area contributed by atoms with Crippen LogP contribution in [0.2, 0.25) is 5.02 Å². The van der Waals surface area contributed by atoms with Crippen LogP contribution in [-0.2, 0) is 0 Å². The van der Waals surface area contributed by atoms with Gasteiger partial charge in [-0.1, -0.05) is 60.1 Å². The molecule has 0 N–H and O–H groups in total. The quantitative estimate of drug-likeness (QED) is 0.451. The topological polar surface area (TPSA) is 15.6 Å². The normalized spacial score (nSPS) is 15.8. The first-order valence-electron chi connectivity index (χ1n) is 8.22. The minimum Gasteiger partial charge on any atom is -0.297 e. The second-order valence-corrected chi connectivity index (χ2v) is 6.46. The Morgan fingerprint density at radius 1 is 0.783 bits per heavy atom. The van der Waals surface area contributed by atoms with Crippen LogP contribution in [0.1, 0.15) is 24.8 Å². The van der Waals surface area contributed by atoms with Crippen molar-refractivity contribution < 1.29 is 0 Å². The Kier molecular flexibility index (Phi) is 3.92. The average molecular weight is 323 g/mol. The van der Waals surface area contributed by atoms with Gasteiger partial charge in [0, 0.05) is 29.4 Å². The number of piperidine rings is 1. The van der Waals surface area contributed by atoms with E-state index in [1.54, 1.807) is 0 Å². The summed E-state index contributed by atoms with van der Waals surface area (Å²) in [6.07, 6.45) is 5.81. The molecule has 0 aromatic heterocycles. The molecule has 23 heavy (non-hydrogen) atoms. The van der Waals surface area contributed by atoms with E-state index in [-0.39, 0.29) is 0 Å². The van der Waals surface area contributed by atoms with Gasteiger partial charge >= 0.3 is 0 Å². The van der Waals surface area contributed by atoms with Crippen LogP contribution in [0.3, 0.4) is 0 Å². The molecule has 4 rings (SSSR count). The zero-order chi connectivity index (χ0) is 15.6. The van der Waals surface area contributed by atoms with Crippen LogP contribution in [0, 0.1) is 0 Å². The van der Waals surface area contributed by atoms with Gasteiger partial charge in [-0.3, -0.25) is 5.01 Å². The first-order valence-corrected chi connectivity index (χ1v) is 8.60. The molecule has 3 aromatic rings. The second kappa shape index (κ2) is 6.21. The molecule has 0 unspecified atom stereocenters. The minimum absolute atomic E-state index is 0.825. The van der Waals surface area contributed by atoms with Gasteiger partial charge in [0.1, 0.15) is 0 Å². The molecular weight excluding hydrogens is 304 g/mol. The summed E-state index contributed by atoms with van der Waals surface area (Å²) in [5.41, 5.74) is 1.16. The van der Waals surface area contributed by atoms with E-state index in [2.05, 4.69) is 41.4 Å². The smallest absolute Gasteiger partial charge is 0.0563 e. The van der Waals surface area contributed by atoms with Gasteiger partial charge in [0.05, 0.1) is 11.2 Å². The molecule has 0 saturated carbocycles. The van der Waals surface area contributed by atoms with Gasteiger partial charge in [0.25, 0.3) is 0 Å². The molecule has 1 aliphatic rings. The molecule has 1 saturated heterocycles. The Balaban J connectivity index is 1.91. The number of fused-ring (bicyclic) bond motifs is 2. The molecule has 3 aromatic carbocycles. The zero-order valence-electron chi connectivity index (χ0n) is 13.0. The fourth-order valence-corrected chi connectivity index (χ4v) is 3.71. The Morgan fingerprint density at radius 3 is 1.87 bits per heavy atom. The SMILES string of the molecule is Clc1c2ccccc2c(/C=N\N2CCCCC2)c2ccccc12. The lowest BCUT2D eigenvalue weighted by atomic mass is 9.97. The van der Waals surface area contributed by atoms with Crippen molar-refractivity contribution in [1.82, 2.24) is 5.01 Å². The summed E-state index contributed by atoms with van der Waals surface area (Å²) in [5, 5.41) is 12.3. The molecule has 0 aliphatic carbocycles. The molecule has 0 bridgehead atoms. The van der Waals surface area contributed by atoms with Gasteiger partial charge in [-0.15, -0.1) is 0 Å². The summed E-state index contributed by atoms with van der Waals surface area (Å²) in [7, 11) is 0. The molecule has 2 nitrogen and oxygen atoms in total. The van der Waals surface area contributed by atoms with E-state index in [1.165, 1.54) is 19.3 Å². The number of rotatable bonds is 2. The molecule has 1 heterocycles. The minimum atomic E-state index is 0.825. The van der Waals surface area contributed by atoms with E-state index in [0.717, 1.165) is 45.2 Å². The Labute approximate surface area is 141 Å². The fourth-order valence-electron chi connectivity index (χ4n) is 3.38. The molecule has 0 spiro atoms. The van der Waals surface area contributed by atoms with Crippen molar-refractivity contribution in [2.75, 3.05) is 13.1 Å². The van der Waals surface area contributed by atoms with Crippen molar-refractivity contribution in [3.63, 3.8) is 0 Å². The standard InChI is InChI=1S/C20H19ClN2/c21-20-17-10-4-2-8-15(17)19(16-9-3-5-11-18(16)20)14-22-23-12-6-1-7-13-23/h2-5,8-11,14H,1,6-7,12-13H2/b22-14-. The number of hydrogen-bond acceptors (Lipinski definition) is 2. The summed E-state index contributed by atoms with van der Waals surface area (Å²) >= 11 is 6.64. The highest BCUT2D eigenvalue weighted by Gasteiger charge is 2.12.